The number of amides is 2. The fourth-order valence-corrected chi connectivity index (χ4v) is 3.83. The Kier molecular flexibility index (Phi) is 6.94. The highest BCUT2D eigenvalue weighted by atomic mass is 16.5. The maximum Gasteiger partial charge on any atom is 0.324 e. The second-order valence-corrected chi connectivity index (χ2v) is 9.45. The highest BCUT2D eigenvalue weighted by Crippen LogP contribution is 2.26. The maximum atomic E-state index is 12.9. The summed E-state index contributed by atoms with van der Waals surface area (Å²) in [5, 5.41) is 18.4. The number of nitrogens with one attached hydrogen (secondary N) is 3. The van der Waals surface area contributed by atoms with Gasteiger partial charge in [0, 0.05) is 35.4 Å². The number of rotatable bonds is 8. The Morgan fingerprint density at radius 3 is 2.53 bits per heavy atom. The molecule has 194 valence electrons. The first-order valence-corrected chi connectivity index (χ1v) is 12.4. The van der Waals surface area contributed by atoms with Crippen LogP contribution in [0, 0.1) is 0 Å². The molecule has 38 heavy (non-hydrogen) atoms. The van der Waals surface area contributed by atoms with E-state index < -0.39 is 0 Å². The van der Waals surface area contributed by atoms with Crippen LogP contribution in [0.15, 0.2) is 77.6 Å². The van der Waals surface area contributed by atoms with Crippen LogP contribution in [-0.2, 0) is 0 Å². The molecule has 2 amide bonds. The van der Waals surface area contributed by atoms with Gasteiger partial charge in [-0.05, 0) is 68.3 Å². The van der Waals surface area contributed by atoms with Gasteiger partial charge >= 0.3 is 6.03 Å². The van der Waals surface area contributed by atoms with E-state index in [1.807, 2.05) is 44.2 Å². The van der Waals surface area contributed by atoms with E-state index in [2.05, 4.69) is 39.9 Å². The minimum atomic E-state index is -0.389. The highest BCUT2D eigenvalue weighted by molar-refractivity contribution is 5.99. The third-order valence-electron chi connectivity index (χ3n) is 5.66. The molecule has 10 heteroatoms. The van der Waals surface area contributed by atoms with E-state index in [1.54, 1.807) is 47.4 Å². The summed E-state index contributed by atoms with van der Waals surface area (Å²) >= 11 is 0. The molecule has 0 aliphatic carbocycles. The summed E-state index contributed by atoms with van der Waals surface area (Å²) < 4.78 is 12.8. The fraction of sp³-hybridized carbons (Fsp3) is 0.214. The average molecular weight is 512 g/mol. The van der Waals surface area contributed by atoms with Crippen LogP contribution in [0.4, 0.5) is 22.1 Å². The molecule has 0 unspecified atom stereocenters. The lowest BCUT2D eigenvalue weighted by Gasteiger charge is -2.12. The van der Waals surface area contributed by atoms with E-state index in [-0.39, 0.29) is 18.0 Å². The Labute approximate surface area is 220 Å². The van der Waals surface area contributed by atoms with Crippen molar-refractivity contribution in [2.75, 3.05) is 16.0 Å². The summed E-state index contributed by atoms with van der Waals surface area (Å²) in [6, 6.07) is 18.1. The summed E-state index contributed by atoms with van der Waals surface area (Å²) in [4.78, 5) is 17.2. The zero-order valence-electron chi connectivity index (χ0n) is 21.6. The smallest absolute Gasteiger partial charge is 0.324 e. The number of hydrogen-bond acceptors (Lipinski definition) is 7. The molecule has 0 aliphatic rings. The van der Waals surface area contributed by atoms with Crippen LogP contribution in [0.25, 0.3) is 16.7 Å². The van der Waals surface area contributed by atoms with Gasteiger partial charge in [-0.25, -0.2) is 14.5 Å². The first-order chi connectivity index (χ1) is 18.3. The lowest BCUT2D eigenvalue weighted by Crippen LogP contribution is -2.21. The van der Waals surface area contributed by atoms with Crippen molar-refractivity contribution in [3.05, 3.63) is 78.8 Å². The summed E-state index contributed by atoms with van der Waals surface area (Å²) in [5.74, 6) is 2.78. The molecule has 0 aliphatic heterocycles. The Morgan fingerprint density at radius 1 is 0.947 bits per heavy atom. The second kappa shape index (κ2) is 10.6. The molecule has 3 aromatic heterocycles. The normalized spacial score (nSPS) is 11.2. The molecule has 5 aromatic rings. The molecule has 3 N–H and O–H groups in total. The third kappa shape index (κ3) is 5.75. The fourth-order valence-electron chi connectivity index (χ4n) is 3.83. The van der Waals surface area contributed by atoms with Gasteiger partial charge in [-0.3, -0.25) is 5.32 Å². The molecule has 0 fully saturated rings. The molecule has 0 saturated carbocycles. The van der Waals surface area contributed by atoms with Crippen molar-refractivity contribution in [1.29, 1.82) is 0 Å². The van der Waals surface area contributed by atoms with Gasteiger partial charge < -0.3 is 19.9 Å². The van der Waals surface area contributed by atoms with Gasteiger partial charge in [-0.2, -0.15) is 5.10 Å². The SMILES string of the molecule is CC(C)Nc1cc(Oc2ccc(NC(=O)Nc3cc(C(C)C)nn3-c3ccc4oncc4c3)cc2)ccn1. The maximum absolute atomic E-state index is 12.9. The van der Waals surface area contributed by atoms with Gasteiger partial charge in [0.15, 0.2) is 5.58 Å². The number of hydrogen-bond donors (Lipinski definition) is 3. The summed E-state index contributed by atoms with van der Waals surface area (Å²) in [7, 11) is 0. The van der Waals surface area contributed by atoms with Crippen molar-refractivity contribution in [1.82, 2.24) is 19.9 Å². The number of urea groups is 1. The Morgan fingerprint density at radius 2 is 1.76 bits per heavy atom. The molecule has 0 atom stereocenters. The molecule has 0 saturated heterocycles. The topological polar surface area (TPSA) is 119 Å². The van der Waals surface area contributed by atoms with Gasteiger partial charge in [0.2, 0.25) is 0 Å². The quantitative estimate of drug-likeness (QED) is 0.210. The van der Waals surface area contributed by atoms with Gasteiger partial charge in [0.1, 0.15) is 23.1 Å². The van der Waals surface area contributed by atoms with Crippen LogP contribution in [0.1, 0.15) is 39.3 Å². The number of aromatic nitrogens is 4. The molecule has 5 rings (SSSR count). The summed E-state index contributed by atoms with van der Waals surface area (Å²) in [6.07, 6.45) is 3.34. The molecule has 0 spiro atoms. The lowest BCUT2D eigenvalue weighted by molar-refractivity contribution is 0.262. The number of pyridine rings is 1. The molecule has 0 bridgehead atoms. The second-order valence-electron chi connectivity index (χ2n) is 9.45. The largest absolute Gasteiger partial charge is 0.457 e. The highest BCUT2D eigenvalue weighted by Gasteiger charge is 2.15. The number of anilines is 3. The molecule has 2 aromatic carbocycles. The molecule has 10 nitrogen and oxygen atoms in total. The monoisotopic (exact) mass is 511 g/mol. The average Bonchev–Trinajstić information content (AvgIpc) is 3.52. The van der Waals surface area contributed by atoms with E-state index in [0.717, 1.165) is 22.6 Å². The van der Waals surface area contributed by atoms with Crippen molar-refractivity contribution < 1.29 is 14.1 Å². The molecule has 3 heterocycles. The summed E-state index contributed by atoms with van der Waals surface area (Å²) in [5.41, 5.74) is 2.94. The van der Waals surface area contributed by atoms with Crippen LogP contribution in [0.2, 0.25) is 0 Å². The Hall–Kier alpha value is -4.86. The van der Waals surface area contributed by atoms with Crippen LogP contribution in [-0.4, -0.2) is 32.0 Å². The van der Waals surface area contributed by atoms with Crippen LogP contribution >= 0.6 is 0 Å². The van der Waals surface area contributed by atoms with Gasteiger partial charge in [0.25, 0.3) is 0 Å². The van der Waals surface area contributed by atoms with Crippen LogP contribution in [0.3, 0.4) is 0 Å². The minimum Gasteiger partial charge on any atom is -0.457 e. The lowest BCUT2D eigenvalue weighted by atomic mass is 10.1. The van der Waals surface area contributed by atoms with E-state index in [0.29, 0.717) is 28.6 Å². The van der Waals surface area contributed by atoms with Crippen molar-refractivity contribution >= 4 is 34.3 Å². The minimum absolute atomic E-state index is 0.185. The van der Waals surface area contributed by atoms with Crippen molar-refractivity contribution in [3.63, 3.8) is 0 Å². The van der Waals surface area contributed by atoms with Gasteiger partial charge in [-0.15, -0.1) is 0 Å². The standard InChI is InChI=1S/C28H29N7O3/c1-17(2)24-15-27(35(34-24)21-7-10-25-19(13-21)16-30-38-25)33-28(36)32-20-5-8-22(9-6-20)37-23-11-12-29-26(14-23)31-18(3)4/h5-18H,1-4H3,(H,29,31)(H2,32,33,36). The molecule has 0 radical (unpaired) electrons. The van der Waals surface area contributed by atoms with Crippen molar-refractivity contribution in [2.24, 2.45) is 0 Å². The van der Waals surface area contributed by atoms with E-state index in [1.165, 1.54) is 0 Å². The third-order valence-corrected chi connectivity index (χ3v) is 5.66. The van der Waals surface area contributed by atoms with Crippen molar-refractivity contribution in [2.45, 2.75) is 39.7 Å². The number of nitrogens with zero attached hydrogens (tertiary/aromatic N) is 4. The van der Waals surface area contributed by atoms with Crippen molar-refractivity contribution in [3.8, 4) is 17.2 Å². The Balaban J connectivity index is 1.27. The zero-order chi connectivity index (χ0) is 26.6. The van der Waals surface area contributed by atoms with Gasteiger partial charge in [0.05, 0.1) is 17.6 Å². The predicted octanol–water partition coefficient (Wildman–Crippen LogP) is 6.79. The number of benzene rings is 2. The number of ether oxygens (including phenoxy) is 1. The first-order valence-electron chi connectivity index (χ1n) is 12.4. The van der Waals surface area contributed by atoms with E-state index in [4.69, 9.17) is 14.4 Å². The van der Waals surface area contributed by atoms with Gasteiger partial charge in [-0.1, -0.05) is 19.0 Å². The van der Waals surface area contributed by atoms with E-state index >= 15 is 0 Å². The zero-order valence-corrected chi connectivity index (χ0v) is 21.6. The number of fused-ring (bicyclic) bond motifs is 1. The Bertz CT molecular complexity index is 1550. The number of carbonyl (C=O) groups excluding carboxylic acids is 1. The summed E-state index contributed by atoms with van der Waals surface area (Å²) in [6.45, 7) is 8.20. The first kappa shape index (κ1) is 24.8. The van der Waals surface area contributed by atoms with E-state index in [9.17, 15) is 4.79 Å². The molecular formula is C28H29N7O3. The predicted molar refractivity (Wildman–Crippen MR) is 147 cm³/mol. The van der Waals surface area contributed by atoms with Crippen LogP contribution < -0.4 is 20.7 Å². The van der Waals surface area contributed by atoms with Crippen LogP contribution in [0.5, 0.6) is 11.5 Å². The molecular weight excluding hydrogens is 482 g/mol. The number of carbonyl (C=O) groups is 1.